The fourth-order valence-electron chi connectivity index (χ4n) is 1.32. The predicted molar refractivity (Wildman–Crippen MR) is 73.2 cm³/mol. The number of rotatable bonds is 6. The first kappa shape index (κ1) is 14.7. The van der Waals surface area contributed by atoms with Gasteiger partial charge in [0.25, 0.3) is 0 Å². The van der Waals surface area contributed by atoms with Crippen LogP contribution in [0.5, 0.6) is 0 Å². The number of anilines is 1. The van der Waals surface area contributed by atoms with Gasteiger partial charge in [-0.25, -0.2) is 0 Å². The lowest BCUT2D eigenvalue weighted by atomic mass is 10.1. The van der Waals surface area contributed by atoms with Crippen LogP contribution in [-0.4, -0.2) is 18.6 Å². The highest BCUT2D eigenvalue weighted by Crippen LogP contribution is 2.12. The molecule has 3 N–H and O–H groups in total. The van der Waals surface area contributed by atoms with Crippen molar-refractivity contribution < 1.29 is 9.53 Å². The summed E-state index contributed by atoms with van der Waals surface area (Å²) in [6, 6.07) is 7.65. The van der Waals surface area contributed by atoms with E-state index < -0.39 is 0 Å². The lowest BCUT2D eigenvalue weighted by Gasteiger charge is -2.11. The maximum atomic E-state index is 11.6. The van der Waals surface area contributed by atoms with Crippen LogP contribution in [0.15, 0.2) is 24.3 Å². The monoisotopic (exact) mass is 250 g/mol. The van der Waals surface area contributed by atoms with Crippen molar-refractivity contribution in [2.24, 2.45) is 11.7 Å². The van der Waals surface area contributed by atoms with E-state index in [9.17, 15) is 4.79 Å². The second-order valence-corrected chi connectivity index (χ2v) is 4.68. The van der Waals surface area contributed by atoms with Crippen molar-refractivity contribution in [1.82, 2.24) is 0 Å². The summed E-state index contributed by atoms with van der Waals surface area (Å²) in [7, 11) is 0. The van der Waals surface area contributed by atoms with Gasteiger partial charge in [-0.3, -0.25) is 4.79 Å². The van der Waals surface area contributed by atoms with Crippen molar-refractivity contribution in [3.63, 3.8) is 0 Å². The molecule has 0 aromatic heterocycles. The molecule has 0 aliphatic carbocycles. The molecule has 4 heteroatoms. The molecule has 1 aromatic rings. The largest absolute Gasteiger partial charge is 0.374 e. The maximum Gasteiger partial charge on any atom is 0.228 e. The van der Waals surface area contributed by atoms with Crippen LogP contribution < -0.4 is 11.1 Å². The van der Waals surface area contributed by atoms with Crippen LogP contribution in [0.3, 0.4) is 0 Å². The van der Waals surface area contributed by atoms with Crippen molar-refractivity contribution >= 4 is 11.6 Å². The minimum absolute atomic E-state index is 0.0521. The number of carbonyl (C=O) groups excluding carboxylic acids is 1. The number of hydrogen-bond acceptors (Lipinski definition) is 3. The molecule has 1 amide bonds. The zero-order valence-corrected chi connectivity index (χ0v) is 11.3. The molecular weight excluding hydrogens is 228 g/mol. The Morgan fingerprint density at radius 3 is 2.39 bits per heavy atom. The third-order valence-electron chi connectivity index (χ3n) is 2.61. The van der Waals surface area contributed by atoms with Crippen molar-refractivity contribution in [1.29, 1.82) is 0 Å². The topological polar surface area (TPSA) is 64.3 Å². The van der Waals surface area contributed by atoms with Gasteiger partial charge in [-0.15, -0.1) is 0 Å². The van der Waals surface area contributed by atoms with Gasteiger partial charge in [0.2, 0.25) is 5.91 Å². The summed E-state index contributed by atoms with van der Waals surface area (Å²) < 4.78 is 5.50. The van der Waals surface area contributed by atoms with Crippen LogP contribution in [0.4, 0.5) is 5.69 Å². The Morgan fingerprint density at radius 2 is 1.89 bits per heavy atom. The number of hydrogen-bond donors (Lipinski definition) is 2. The molecule has 0 bridgehead atoms. The van der Waals surface area contributed by atoms with E-state index in [0.29, 0.717) is 13.2 Å². The summed E-state index contributed by atoms with van der Waals surface area (Å²) >= 11 is 0. The molecule has 0 aliphatic rings. The van der Waals surface area contributed by atoms with Gasteiger partial charge in [0, 0.05) is 18.2 Å². The highest BCUT2D eigenvalue weighted by atomic mass is 16.5. The molecule has 0 spiro atoms. The van der Waals surface area contributed by atoms with Crippen LogP contribution in [0.2, 0.25) is 0 Å². The third-order valence-corrected chi connectivity index (χ3v) is 2.61. The quantitative estimate of drug-likeness (QED) is 0.813. The summed E-state index contributed by atoms with van der Waals surface area (Å²) in [6.07, 6.45) is 0.217. The molecule has 1 rings (SSSR count). The van der Waals surface area contributed by atoms with Gasteiger partial charge in [-0.2, -0.15) is 0 Å². The first-order chi connectivity index (χ1) is 8.52. The van der Waals surface area contributed by atoms with Gasteiger partial charge in [-0.05, 0) is 31.5 Å². The van der Waals surface area contributed by atoms with Gasteiger partial charge < -0.3 is 15.8 Å². The minimum atomic E-state index is -0.172. The fraction of sp³-hybridized carbons (Fsp3) is 0.500. The van der Waals surface area contributed by atoms with Gasteiger partial charge in [0.05, 0.1) is 12.7 Å². The smallest absolute Gasteiger partial charge is 0.228 e. The molecule has 0 aliphatic heterocycles. The molecule has 0 saturated carbocycles. The summed E-state index contributed by atoms with van der Waals surface area (Å²) in [5.74, 6) is -0.224. The SMILES string of the molecule is CC(C)OCc1ccc(NC(=O)C(C)CN)cc1. The predicted octanol–water partition coefficient (Wildman–Crippen LogP) is 2.14. The number of ether oxygens (including phenoxy) is 1. The van der Waals surface area contributed by atoms with Gasteiger partial charge in [-0.1, -0.05) is 19.1 Å². The lowest BCUT2D eigenvalue weighted by molar-refractivity contribution is -0.119. The Labute approximate surface area is 109 Å². The Kier molecular flexibility index (Phi) is 5.82. The second-order valence-electron chi connectivity index (χ2n) is 4.68. The van der Waals surface area contributed by atoms with E-state index in [1.807, 2.05) is 38.1 Å². The molecule has 1 unspecified atom stereocenters. The van der Waals surface area contributed by atoms with Crippen molar-refractivity contribution in [2.45, 2.75) is 33.5 Å². The Balaban J connectivity index is 2.52. The Morgan fingerprint density at radius 1 is 1.28 bits per heavy atom. The molecule has 0 radical (unpaired) electrons. The standard InChI is InChI=1S/C14H22N2O2/c1-10(2)18-9-12-4-6-13(7-5-12)16-14(17)11(3)8-15/h4-7,10-11H,8-9,15H2,1-3H3,(H,16,17). The van der Waals surface area contributed by atoms with Crippen molar-refractivity contribution in [2.75, 3.05) is 11.9 Å². The van der Waals surface area contributed by atoms with E-state index in [4.69, 9.17) is 10.5 Å². The number of carbonyl (C=O) groups is 1. The van der Waals surface area contributed by atoms with Crippen molar-refractivity contribution in [3.05, 3.63) is 29.8 Å². The molecule has 4 nitrogen and oxygen atoms in total. The van der Waals surface area contributed by atoms with Crippen LogP contribution >= 0.6 is 0 Å². The van der Waals surface area contributed by atoms with E-state index in [1.54, 1.807) is 6.92 Å². The zero-order chi connectivity index (χ0) is 13.5. The fourth-order valence-corrected chi connectivity index (χ4v) is 1.32. The van der Waals surface area contributed by atoms with E-state index in [2.05, 4.69) is 5.32 Å². The Hall–Kier alpha value is -1.39. The van der Waals surface area contributed by atoms with Crippen LogP contribution in [0.1, 0.15) is 26.3 Å². The first-order valence-electron chi connectivity index (χ1n) is 6.24. The minimum Gasteiger partial charge on any atom is -0.374 e. The molecule has 18 heavy (non-hydrogen) atoms. The highest BCUT2D eigenvalue weighted by Gasteiger charge is 2.10. The molecule has 0 saturated heterocycles. The lowest BCUT2D eigenvalue weighted by Crippen LogP contribution is -2.26. The Bertz CT molecular complexity index is 374. The molecule has 1 aromatic carbocycles. The third kappa shape index (κ3) is 4.85. The average Bonchev–Trinajstić information content (AvgIpc) is 2.36. The molecular formula is C14H22N2O2. The highest BCUT2D eigenvalue weighted by molar-refractivity contribution is 5.92. The maximum absolute atomic E-state index is 11.6. The summed E-state index contributed by atoms with van der Waals surface area (Å²) in [5, 5.41) is 2.82. The number of nitrogens with one attached hydrogen (secondary N) is 1. The van der Waals surface area contributed by atoms with Gasteiger partial charge in [0.15, 0.2) is 0 Å². The van der Waals surface area contributed by atoms with Crippen molar-refractivity contribution in [3.8, 4) is 0 Å². The normalized spacial score (nSPS) is 12.5. The van der Waals surface area contributed by atoms with Gasteiger partial charge in [0.1, 0.15) is 0 Å². The van der Waals surface area contributed by atoms with Gasteiger partial charge >= 0.3 is 0 Å². The zero-order valence-electron chi connectivity index (χ0n) is 11.3. The molecule has 0 fully saturated rings. The first-order valence-corrected chi connectivity index (χ1v) is 6.24. The summed E-state index contributed by atoms with van der Waals surface area (Å²) in [5.41, 5.74) is 7.32. The van der Waals surface area contributed by atoms with E-state index in [-0.39, 0.29) is 17.9 Å². The number of benzene rings is 1. The average molecular weight is 250 g/mol. The molecule has 100 valence electrons. The van der Waals surface area contributed by atoms with Crippen LogP contribution in [-0.2, 0) is 16.1 Å². The van der Waals surface area contributed by atoms with E-state index >= 15 is 0 Å². The molecule has 0 heterocycles. The van der Waals surface area contributed by atoms with E-state index in [1.165, 1.54) is 0 Å². The van der Waals surface area contributed by atoms with Crippen LogP contribution in [0.25, 0.3) is 0 Å². The number of nitrogens with two attached hydrogens (primary N) is 1. The van der Waals surface area contributed by atoms with Crippen LogP contribution in [0, 0.1) is 5.92 Å². The summed E-state index contributed by atoms with van der Waals surface area (Å²) in [6.45, 7) is 6.75. The number of amides is 1. The summed E-state index contributed by atoms with van der Waals surface area (Å²) in [4.78, 5) is 11.6. The van der Waals surface area contributed by atoms with E-state index in [0.717, 1.165) is 11.3 Å². The molecule has 1 atom stereocenters. The second kappa shape index (κ2) is 7.13.